The van der Waals surface area contributed by atoms with Crippen molar-refractivity contribution in [1.82, 2.24) is 10.9 Å². The first-order chi connectivity index (χ1) is 11.9. The molecule has 0 radical (unpaired) electrons. The number of hydrogen-bond donors (Lipinski definition) is 2. The maximum absolute atomic E-state index is 11.9. The molecule has 0 aliphatic carbocycles. The summed E-state index contributed by atoms with van der Waals surface area (Å²) in [6, 6.07) is 11.1. The van der Waals surface area contributed by atoms with Gasteiger partial charge in [-0.1, -0.05) is 41.4 Å². The molecule has 0 bridgehead atoms. The Morgan fingerprint density at radius 2 is 1.80 bits per heavy atom. The summed E-state index contributed by atoms with van der Waals surface area (Å²) < 4.78 is 0. The third kappa shape index (κ3) is 5.15. The van der Waals surface area contributed by atoms with Crippen LogP contribution in [0.3, 0.4) is 0 Å². The summed E-state index contributed by atoms with van der Waals surface area (Å²) in [4.78, 5) is 33.8. The first-order valence-electron chi connectivity index (χ1n) is 7.16. The normalized spacial score (nSPS) is 10.5. The van der Waals surface area contributed by atoms with E-state index in [1.165, 1.54) is 18.2 Å². The smallest absolute Gasteiger partial charge is 0.268 e. The third-order valence-electron chi connectivity index (χ3n) is 3.21. The largest absolute Gasteiger partial charge is 0.288 e. The molecule has 0 heterocycles. The van der Waals surface area contributed by atoms with Crippen LogP contribution in [0.5, 0.6) is 0 Å². The molecule has 2 N–H and O–H groups in total. The van der Waals surface area contributed by atoms with E-state index in [0.717, 1.165) is 17.2 Å². The van der Waals surface area contributed by atoms with Crippen LogP contribution in [-0.2, 0) is 4.79 Å². The molecule has 7 nitrogen and oxygen atoms in total. The van der Waals surface area contributed by atoms with Crippen molar-refractivity contribution in [1.29, 1.82) is 0 Å². The molecule has 2 rings (SSSR count). The minimum atomic E-state index is -0.697. The number of nitrogens with one attached hydrogen (secondary N) is 2. The predicted molar refractivity (Wildman–Crippen MR) is 93.9 cm³/mol. The van der Waals surface area contributed by atoms with Gasteiger partial charge in [-0.05, 0) is 30.7 Å². The van der Waals surface area contributed by atoms with E-state index in [9.17, 15) is 19.7 Å². The van der Waals surface area contributed by atoms with Gasteiger partial charge in [-0.3, -0.25) is 30.6 Å². The first kappa shape index (κ1) is 18.2. The molecule has 128 valence electrons. The Kier molecular flexibility index (Phi) is 5.86. The highest BCUT2D eigenvalue weighted by Gasteiger charge is 2.16. The highest BCUT2D eigenvalue weighted by molar-refractivity contribution is 6.32. The van der Waals surface area contributed by atoms with Crippen molar-refractivity contribution in [2.75, 3.05) is 0 Å². The Bertz CT molecular complexity index is 847. The molecule has 0 aliphatic heterocycles. The van der Waals surface area contributed by atoms with Crippen molar-refractivity contribution in [2.45, 2.75) is 6.92 Å². The lowest BCUT2D eigenvalue weighted by molar-refractivity contribution is -0.384. The van der Waals surface area contributed by atoms with Gasteiger partial charge in [-0.15, -0.1) is 0 Å². The molecular formula is C17H14ClN3O4. The van der Waals surface area contributed by atoms with E-state index in [1.807, 2.05) is 31.2 Å². The summed E-state index contributed by atoms with van der Waals surface area (Å²) in [7, 11) is 0. The molecule has 0 fully saturated rings. The Morgan fingerprint density at radius 3 is 2.44 bits per heavy atom. The number of nitrogens with zero attached hydrogens (tertiary/aromatic N) is 1. The van der Waals surface area contributed by atoms with Crippen LogP contribution >= 0.6 is 11.6 Å². The fraction of sp³-hybridized carbons (Fsp3) is 0.0588. The van der Waals surface area contributed by atoms with E-state index in [4.69, 9.17) is 11.6 Å². The Balaban J connectivity index is 1.95. The number of hydrogen-bond acceptors (Lipinski definition) is 4. The van der Waals surface area contributed by atoms with Crippen LogP contribution in [0.1, 0.15) is 21.5 Å². The fourth-order valence-electron chi connectivity index (χ4n) is 1.88. The molecule has 0 atom stereocenters. The monoisotopic (exact) mass is 359 g/mol. The van der Waals surface area contributed by atoms with Crippen molar-refractivity contribution in [3.05, 3.63) is 80.4 Å². The quantitative estimate of drug-likeness (QED) is 0.497. The molecule has 2 aromatic carbocycles. The highest BCUT2D eigenvalue weighted by atomic mass is 35.5. The molecule has 0 aromatic heterocycles. The first-order valence-corrected chi connectivity index (χ1v) is 7.53. The maximum Gasteiger partial charge on any atom is 0.288 e. The van der Waals surface area contributed by atoms with Gasteiger partial charge in [0.1, 0.15) is 5.02 Å². The van der Waals surface area contributed by atoms with Crippen LogP contribution < -0.4 is 10.9 Å². The second-order valence-corrected chi connectivity index (χ2v) is 5.52. The second-order valence-electron chi connectivity index (χ2n) is 5.11. The molecule has 0 unspecified atom stereocenters. The lowest BCUT2D eigenvalue weighted by Gasteiger charge is -2.05. The molecular weight excluding hydrogens is 346 g/mol. The van der Waals surface area contributed by atoms with Crippen molar-refractivity contribution >= 4 is 35.2 Å². The number of amides is 2. The van der Waals surface area contributed by atoms with E-state index in [1.54, 1.807) is 6.08 Å². The maximum atomic E-state index is 11.9. The van der Waals surface area contributed by atoms with Crippen molar-refractivity contribution in [2.24, 2.45) is 0 Å². The average molecular weight is 360 g/mol. The van der Waals surface area contributed by atoms with Crippen LogP contribution in [0.2, 0.25) is 5.02 Å². The molecule has 0 spiro atoms. The van der Waals surface area contributed by atoms with Gasteiger partial charge in [0, 0.05) is 17.7 Å². The molecule has 2 aromatic rings. The van der Waals surface area contributed by atoms with Crippen molar-refractivity contribution in [3.8, 4) is 0 Å². The highest BCUT2D eigenvalue weighted by Crippen LogP contribution is 2.24. The van der Waals surface area contributed by atoms with Gasteiger partial charge in [0.05, 0.1) is 4.92 Å². The number of carbonyl (C=O) groups is 2. The lowest BCUT2D eigenvalue weighted by Crippen LogP contribution is -2.40. The number of nitro benzene ring substituents is 1. The molecule has 2 amide bonds. The van der Waals surface area contributed by atoms with Gasteiger partial charge in [-0.2, -0.15) is 0 Å². The van der Waals surface area contributed by atoms with Crippen molar-refractivity contribution in [3.63, 3.8) is 0 Å². The third-order valence-corrected chi connectivity index (χ3v) is 3.53. The average Bonchev–Trinajstić information content (AvgIpc) is 2.59. The summed E-state index contributed by atoms with van der Waals surface area (Å²) in [6.07, 6.45) is 2.85. The Morgan fingerprint density at radius 1 is 1.12 bits per heavy atom. The number of aryl methyl sites for hydroxylation is 1. The molecule has 0 saturated carbocycles. The van der Waals surface area contributed by atoms with Crippen molar-refractivity contribution < 1.29 is 14.5 Å². The molecule has 0 aliphatic rings. The van der Waals surface area contributed by atoms with Gasteiger partial charge >= 0.3 is 0 Å². The summed E-state index contributed by atoms with van der Waals surface area (Å²) >= 11 is 5.68. The minimum absolute atomic E-state index is 0.00101. The standard InChI is InChI=1S/C17H14ClN3O4/c1-11-2-4-12(5-3-11)6-9-16(22)19-20-17(23)13-7-8-14(18)15(10-13)21(24)25/h2-10H,1H3,(H,19,22)(H,20,23)/b9-6+. The van der Waals surface area contributed by atoms with E-state index in [2.05, 4.69) is 10.9 Å². The molecule has 8 heteroatoms. The number of carbonyl (C=O) groups excluding carboxylic acids is 2. The number of nitro groups is 1. The second kappa shape index (κ2) is 8.07. The minimum Gasteiger partial charge on any atom is -0.268 e. The van der Waals surface area contributed by atoms with Gasteiger partial charge in [-0.25, -0.2) is 0 Å². The fourth-order valence-corrected chi connectivity index (χ4v) is 2.06. The summed E-state index contributed by atoms with van der Waals surface area (Å²) in [5, 5.41) is 10.7. The van der Waals surface area contributed by atoms with E-state index < -0.39 is 16.7 Å². The van der Waals surface area contributed by atoms with Crippen LogP contribution in [0.15, 0.2) is 48.5 Å². The Hall–Kier alpha value is -3.19. The summed E-state index contributed by atoms with van der Waals surface area (Å²) in [5.41, 5.74) is 5.92. The van der Waals surface area contributed by atoms with Crippen LogP contribution in [0.25, 0.3) is 6.08 Å². The zero-order valence-electron chi connectivity index (χ0n) is 13.2. The van der Waals surface area contributed by atoms with Gasteiger partial charge in [0.2, 0.25) is 0 Å². The zero-order valence-corrected chi connectivity index (χ0v) is 13.9. The predicted octanol–water partition coefficient (Wildman–Crippen LogP) is 3.03. The van der Waals surface area contributed by atoms with Crippen LogP contribution in [0.4, 0.5) is 5.69 Å². The zero-order chi connectivity index (χ0) is 18.4. The van der Waals surface area contributed by atoms with Gasteiger partial charge in [0.25, 0.3) is 17.5 Å². The topological polar surface area (TPSA) is 101 Å². The summed E-state index contributed by atoms with van der Waals surface area (Å²) in [6.45, 7) is 1.96. The number of hydrazine groups is 1. The summed E-state index contributed by atoms with van der Waals surface area (Å²) in [5.74, 6) is -1.24. The van der Waals surface area contributed by atoms with Gasteiger partial charge in [0.15, 0.2) is 0 Å². The van der Waals surface area contributed by atoms with Crippen LogP contribution in [0, 0.1) is 17.0 Å². The van der Waals surface area contributed by atoms with E-state index in [-0.39, 0.29) is 16.3 Å². The Labute approximate surface area is 148 Å². The van der Waals surface area contributed by atoms with E-state index in [0.29, 0.717) is 0 Å². The number of benzene rings is 2. The van der Waals surface area contributed by atoms with E-state index >= 15 is 0 Å². The molecule has 0 saturated heterocycles. The number of rotatable bonds is 4. The number of halogens is 1. The van der Waals surface area contributed by atoms with Crippen LogP contribution in [-0.4, -0.2) is 16.7 Å². The molecule has 25 heavy (non-hydrogen) atoms. The SMILES string of the molecule is Cc1ccc(/C=C/C(=O)NNC(=O)c2ccc(Cl)c([N+](=O)[O-])c2)cc1. The van der Waals surface area contributed by atoms with Gasteiger partial charge < -0.3 is 0 Å². The lowest BCUT2D eigenvalue weighted by atomic mass is 10.1.